The lowest BCUT2D eigenvalue weighted by molar-refractivity contribution is 1.07. The summed E-state index contributed by atoms with van der Waals surface area (Å²) in [6.07, 6.45) is 0. The summed E-state index contributed by atoms with van der Waals surface area (Å²) in [6.45, 7) is 6.15. The van der Waals surface area contributed by atoms with Gasteiger partial charge in [0.2, 0.25) is 0 Å². The number of hydrogen-bond acceptors (Lipinski definition) is 1. The predicted molar refractivity (Wildman–Crippen MR) is 58.9 cm³/mol. The van der Waals surface area contributed by atoms with E-state index < -0.39 is 0 Å². The molecule has 0 aliphatic heterocycles. The van der Waals surface area contributed by atoms with Crippen molar-refractivity contribution in [1.29, 1.82) is 0 Å². The zero-order valence-corrected chi connectivity index (χ0v) is 10.4. The summed E-state index contributed by atoms with van der Waals surface area (Å²) in [5, 5.41) is 0. The number of hydrogen-bond donors (Lipinski definition) is 0. The van der Waals surface area contributed by atoms with E-state index in [4.69, 9.17) is 0 Å². The molecule has 0 atom stereocenters. The molecule has 0 aromatic carbocycles. The molecule has 1 rings (SSSR count). The highest BCUT2D eigenvalue weighted by Gasteiger charge is 2.06. The average molecular weight is 326 g/mol. The van der Waals surface area contributed by atoms with Crippen LogP contribution in [0.15, 0.2) is 4.47 Å². The molecule has 0 saturated carbocycles. The minimum atomic E-state index is 1.07. The van der Waals surface area contributed by atoms with Crippen LogP contribution in [0.5, 0.6) is 0 Å². The Kier molecular flexibility index (Phi) is 2.91. The normalized spacial score (nSPS) is 10.3. The standard InChI is InChI=1S/C8H9BrIN/c1-4-7(9)5(2)11-6(3)8(4)10/h1-3H3. The van der Waals surface area contributed by atoms with E-state index in [-0.39, 0.29) is 0 Å². The summed E-state index contributed by atoms with van der Waals surface area (Å²) in [4.78, 5) is 4.38. The third kappa shape index (κ3) is 1.75. The van der Waals surface area contributed by atoms with Crippen LogP contribution in [-0.4, -0.2) is 4.98 Å². The summed E-state index contributed by atoms with van der Waals surface area (Å²) in [7, 11) is 0. The molecule has 0 amide bonds. The lowest BCUT2D eigenvalue weighted by Gasteiger charge is -2.06. The third-order valence-electron chi connectivity index (χ3n) is 1.63. The van der Waals surface area contributed by atoms with Crippen molar-refractivity contribution in [2.45, 2.75) is 20.8 Å². The van der Waals surface area contributed by atoms with E-state index in [2.05, 4.69) is 50.4 Å². The number of halogens is 2. The lowest BCUT2D eigenvalue weighted by atomic mass is 10.2. The van der Waals surface area contributed by atoms with Gasteiger partial charge >= 0.3 is 0 Å². The van der Waals surface area contributed by atoms with Crippen LogP contribution in [0.25, 0.3) is 0 Å². The SMILES string of the molecule is Cc1nc(C)c(I)c(C)c1Br. The molecule has 0 unspecified atom stereocenters. The van der Waals surface area contributed by atoms with Gasteiger partial charge in [0.25, 0.3) is 0 Å². The highest BCUT2D eigenvalue weighted by molar-refractivity contribution is 14.1. The van der Waals surface area contributed by atoms with Gasteiger partial charge in [0, 0.05) is 8.04 Å². The molecule has 0 N–H and O–H groups in total. The summed E-state index contributed by atoms with van der Waals surface area (Å²) in [5.74, 6) is 0. The fraction of sp³-hybridized carbons (Fsp3) is 0.375. The van der Waals surface area contributed by atoms with E-state index in [0.717, 1.165) is 15.9 Å². The Labute approximate surface area is 88.9 Å². The molecule has 11 heavy (non-hydrogen) atoms. The quantitative estimate of drug-likeness (QED) is 0.666. The van der Waals surface area contributed by atoms with Crippen molar-refractivity contribution < 1.29 is 0 Å². The number of rotatable bonds is 0. The van der Waals surface area contributed by atoms with Crippen molar-refractivity contribution in [2.75, 3.05) is 0 Å². The zero-order valence-electron chi connectivity index (χ0n) is 6.70. The Morgan fingerprint density at radius 2 is 1.73 bits per heavy atom. The van der Waals surface area contributed by atoms with Crippen LogP contribution in [0.3, 0.4) is 0 Å². The highest BCUT2D eigenvalue weighted by atomic mass is 127. The van der Waals surface area contributed by atoms with Crippen LogP contribution in [0.1, 0.15) is 17.0 Å². The van der Waals surface area contributed by atoms with Crippen molar-refractivity contribution in [3.63, 3.8) is 0 Å². The first kappa shape index (κ1) is 9.45. The van der Waals surface area contributed by atoms with Gasteiger partial charge in [-0.2, -0.15) is 0 Å². The van der Waals surface area contributed by atoms with Crippen LogP contribution in [-0.2, 0) is 0 Å². The average Bonchev–Trinajstić information content (AvgIpc) is 1.97. The molecule has 0 saturated heterocycles. The molecule has 0 aliphatic rings. The minimum Gasteiger partial charge on any atom is -0.256 e. The van der Waals surface area contributed by atoms with E-state index in [0.29, 0.717) is 0 Å². The van der Waals surface area contributed by atoms with Crippen LogP contribution in [0.2, 0.25) is 0 Å². The van der Waals surface area contributed by atoms with Gasteiger partial charge in [-0.15, -0.1) is 0 Å². The fourth-order valence-electron chi connectivity index (χ4n) is 0.989. The van der Waals surface area contributed by atoms with Gasteiger partial charge in [0.05, 0.1) is 11.4 Å². The molecule has 0 radical (unpaired) electrons. The van der Waals surface area contributed by atoms with Crippen molar-refractivity contribution in [3.05, 3.63) is 25.0 Å². The summed E-state index contributed by atoms with van der Waals surface area (Å²) >= 11 is 5.82. The van der Waals surface area contributed by atoms with Crippen molar-refractivity contribution in [3.8, 4) is 0 Å². The summed E-state index contributed by atoms with van der Waals surface area (Å²) in [5.41, 5.74) is 3.47. The Balaban J connectivity index is 3.46. The largest absolute Gasteiger partial charge is 0.256 e. The van der Waals surface area contributed by atoms with Crippen molar-refractivity contribution in [1.82, 2.24) is 4.98 Å². The molecule has 0 bridgehead atoms. The van der Waals surface area contributed by atoms with Gasteiger partial charge in [-0.3, -0.25) is 4.98 Å². The second-order valence-corrected chi connectivity index (χ2v) is 4.41. The Hall–Kier alpha value is 0.360. The van der Waals surface area contributed by atoms with E-state index in [1.165, 1.54) is 9.13 Å². The van der Waals surface area contributed by atoms with Crippen LogP contribution >= 0.6 is 38.5 Å². The molecule has 1 heterocycles. The maximum atomic E-state index is 4.38. The Morgan fingerprint density at radius 3 is 2.27 bits per heavy atom. The number of aryl methyl sites for hydroxylation is 2. The molecular weight excluding hydrogens is 317 g/mol. The van der Waals surface area contributed by atoms with E-state index in [1.807, 2.05) is 13.8 Å². The summed E-state index contributed by atoms with van der Waals surface area (Å²) < 4.78 is 2.38. The maximum absolute atomic E-state index is 4.38. The number of pyridine rings is 1. The molecule has 1 aromatic heterocycles. The molecule has 0 aliphatic carbocycles. The van der Waals surface area contributed by atoms with Crippen LogP contribution < -0.4 is 0 Å². The van der Waals surface area contributed by atoms with E-state index in [1.54, 1.807) is 0 Å². The second kappa shape index (κ2) is 3.39. The lowest BCUT2D eigenvalue weighted by Crippen LogP contribution is -1.95. The molecule has 1 nitrogen and oxygen atoms in total. The van der Waals surface area contributed by atoms with Gasteiger partial charge in [-0.1, -0.05) is 0 Å². The predicted octanol–water partition coefficient (Wildman–Crippen LogP) is 3.37. The topological polar surface area (TPSA) is 12.9 Å². The van der Waals surface area contributed by atoms with Gasteiger partial charge in [-0.05, 0) is 64.9 Å². The Bertz CT molecular complexity index is 270. The molecule has 1 aromatic rings. The Morgan fingerprint density at radius 1 is 1.18 bits per heavy atom. The van der Waals surface area contributed by atoms with Crippen molar-refractivity contribution >= 4 is 38.5 Å². The molecule has 60 valence electrons. The first-order valence-corrected chi connectivity index (χ1v) is 5.20. The molecule has 3 heteroatoms. The summed E-state index contributed by atoms with van der Waals surface area (Å²) in [6, 6.07) is 0. The second-order valence-electron chi connectivity index (χ2n) is 2.54. The maximum Gasteiger partial charge on any atom is 0.0521 e. The first-order chi connectivity index (χ1) is 5.04. The molecule has 0 spiro atoms. The number of aromatic nitrogens is 1. The van der Waals surface area contributed by atoms with E-state index >= 15 is 0 Å². The molecular formula is C8H9BrIN. The van der Waals surface area contributed by atoms with Gasteiger partial charge in [-0.25, -0.2) is 0 Å². The molecule has 0 fully saturated rings. The van der Waals surface area contributed by atoms with Crippen molar-refractivity contribution in [2.24, 2.45) is 0 Å². The highest BCUT2D eigenvalue weighted by Crippen LogP contribution is 2.25. The van der Waals surface area contributed by atoms with Gasteiger partial charge in [0.15, 0.2) is 0 Å². The van der Waals surface area contributed by atoms with Gasteiger partial charge < -0.3 is 0 Å². The van der Waals surface area contributed by atoms with Crippen LogP contribution in [0, 0.1) is 24.3 Å². The monoisotopic (exact) mass is 325 g/mol. The minimum absolute atomic E-state index is 1.07. The van der Waals surface area contributed by atoms with E-state index in [9.17, 15) is 0 Å². The number of nitrogens with zero attached hydrogens (tertiary/aromatic N) is 1. The third-order valence-corrected chi connectivity index (χ3v) is 4.39. The van der Waals surface area contributed by atoms with Gasteiger partial charge in [0.1, 0.15) is 0 Å². The zero-order chi connectivity index (χ0) is 8.59. The smallest absolute Gasteiger partial charge is 0.0521 e. The first-order valence-electron chi connectivity index (χ1n) is 3.33. The van der Waals surface area contributed by atoms with Crippen LogP contribution in [0.4, 0.5) is 0 Å². The fourth-order valence-corrected chi connectivity index (χ4v) is 2.04.